The van der Waals surface area contributed by atoms with Gasteiger partial charge in [-0.1, -0.05) is 12.1 Å². The third-order valence-electron chi connectivity index (χ3n) is 3.45. The molecule has 2 aromatic rings. The maximum atomic E-state index is 12.6. The summed E-state index contributed by atoms with van der Waals surface area (Å²) in [4.78, 5) is 28.2. The first kappa shape index (κ1) is 15.0. The van der Waals surface area contributed by atoms with Crippen LogP contribution in [0.4, 0.5) is 0 Å². The summed E-state index contributed by atoms with van der Waals surface area (Å²) in [5.41, 5.74) is 0.350. The zero-order valence-corrected chi connectivity index (χ0v) is 13.6. The molecule has 0 unspecified atom stereocenters. The highest BCUT2D eigenvalue weighted by molar-refractivity contribution is 7.12. The van der Waals surface area contributed by atoms with Gasteiger partial charge < -0.3 is 10.2 Å². The molecule has 22 heavy (non-hydrogen) atoms. The zero-order chi connectivity index (χ0) is 15.4. The molecular weight excluding hydrogens is 316 g/mol. The highest BCUT2D eigenvalue weighted by Gasteiger charge is 2.23. The number of hydrogen-bond donors (Lipinski definition) is 1. The summed E-state index contributed by atoms with van der Waals surface area (Å²) in [6.07, 6.45) is 3.81. The Bertz CT molecular complexity index is 669. The molecule has 6 heteroatoms. The third-order valence-corrected chi connectivity index (χ3v) is 5.13. The highest BCUT2D eigenvalue weighted by Crippen LogP contribution is 2.17. The van der Waals surface area contributed by atoms with E-state index >= 15 is 0 Å². The van der Waals surface area contributed by atoms with Gasteiger partial charge in [0.2, 0.25) is 0 Å². The van der Waals surface area contributed by atoms with Crippen molar-refractivity contribution in [1.82, 2.24) is 10.2 Å². The number of carbonyl (C=O) groups excluding carboxylic acids is 2. The van der Waals surface area contributed by atoms with Gasteiger partial charge in [0, 0.05) is 18.0 Å². The van der Waals surface area contributed by atoms with Gasteiger partial charge in [-0.15, -0.1) is 22.7 Å². The van der Waals surface area contributed by atoms with E-state index < -0.39 is 0 Å². The zero-order valence-electron chi connectivity index (χ0n) is 12.0. The Kier molecular flexibility index (Phi) is 4.70. The van der Waals surface area contributed by atoms with Crippen molar-refractivity contribution in [3.63, 3.8) is 0 Å². The van der Waals surface area contributed by atoms with Gasteiger partial charge in [0.25, 0.3) is 11.8 Å². The third kappa shape index (κ3) is 3.45. The van der Waals surface area contributed by atoms with Gasteiger partial charge in [0.15, 0.2) is 0 Å². The fourth-order valence-corrected chi connectivity index (χ4v) is 3.63. The number of carbonyl (C=O) groups is 2. The van der Waals surface area contributed by atoms with Crippen LogP contribution < -0.4 is 5.32 Å². The average molecular weight is 332 g/mol. The normalized spacial score (nSPS) is 15.1. The minimum Gasteiger partial charge on any atom is -0.337 e. The molecule has 0 atom stereocenters. The van der Waals surface area contributed by atoms with Gasteiger partial charge >= 0.3 is 0 Å². The van der Waals surface area contributed by atoms with Crippen molar-refractivity contribution in [2.24, 2.45) is 0 Å². The minimum absolute atomic E-state index is 0.101. The van der Waals surface area contributed by atoms with Crippen LogP contribution in [0.5, 0.6) is 0 Å². The molecular formula is C16H16N2O2S2. The van der Waals surface area contributed by atoms with Crippen molar-refractivity contribution in [3.8, 4) is 0 Å². The van der Waals surface area contributed by atoms with E-state index in [-0.39, 0.29) is 11.8 Å². The molecule has 0 radical (unpaired) electrons. The molecule has 0 aliphatic carbocycles. The van der Waals surface area contributed by atoms with Gasteiger partial charge in [-0.25, -0.2) is 0 Å². The Balaban J connectivity index is 1.82. The van der Waals surface area contributed by atoms with E-state index in [2.05, 4.69) is 5.32 Å². The summed E-state index contributed by atoms with van der Waals surface area (Å²) >= 11 is 2.90. The second-order valence-electron chi connectivity index (χ2n) is 5.00. The predicted molar refractivity (Wildman–Crippen MR) is 89.9 cm³/mol. The molecule has 1 N–H and O–H groups in total. The molecule has 3 rings (SSSR count). The van der Waals surface area contributed by atoms with E-state index in [1.54, 1.807) is 17.0 Å². The van der Waals surface area contributed by atoms with Crippen LogP contribution in [-0.2, 0) is 4.79 Å². The van der Waals surface area contributed by atoms with E-state index in [4.69, 9.17) is 0 Å². The smallest absolute Gasteiger partial charge is 0.270 e. The van der Waals surface area contributed by atoms with Crippen LogP contribution in [-0.4, -0.2) is 29.8 Å². The standard InChI is InChI=1S/C16H16N2O2S2/c19-15(14-6-4-10-22-14)17-13(11-12-5-3-9-21-12)16(20)18-7-1-2-8-18/h3-6,9-11H,1-2,7-8H2,(H,17,19)/b13-11-. The predicted octanol–water partition coefficient (Wildman–Crippen LogP) is 3.20. The van der Waals surface area contributed by atoms with Crippen molar-refractivity contribution in [2.45, 2.75) is 12.8 Å². The number of likely N-dealkylation sites (tertiary alicyclic amines) is 1. The van der Waals surface area contributed by atoms with Crippen LogP contribution >= 0.6 is 22.7 Å². The van der Waals surface area contributed by atoms with Crippen molar-refractivity contribution < 1.29 is 9.59 Å². The molecule has 3 heterocycles. The maximum Gasteiger partial charge on any atom is 0.270 e. The number of nitrogens with one attached hydrogen (secondary N) is 1. The molecule has 1 saturated heterocycles. The monoisotopic (exact) mass is 332 g/mol. The fraction of sp³-hybridized carbons (Fsp3) is 0.250. The fourth-order valence-electron chi connectivity index (χ4n) is 2.35. The number of rotatable bonds is 4. The lowest BCUT2D eigenvalue weighted by Crippen LogP contribution is -2.36. The molecule has 0 bridgehead atoms. The van der Waals surface area contributed by atoms with Crippen molar-refractivity contribution in [1.29, 1.82) is 0 Å². The molecule has 2 aromatic heterocycles. The Morgan fingerprint density at radius 1 is 1.09 bits per heavy atom. The van der Waals surface area contributed by atoms with E-state index in [1.807, 2.05) is 29.0 Å². The topological polar surface area (TPSA) is 49.4 Å². The molecule has 1 fully saturated rings. The lowest BCUT2D eigenvalue weighted by Gasteiger charge is -2.17. The van der Waals surface area contributed by atoms with Gasteiger partial charge in [0.05, 0.1) is 4.88 Å². The highest BCUT2D eigenvalue weighted by atomic mass is 32.1. The number of amides is 2. The summed E-state index contributed by atoms with van der Waals surface area (Å²) < 4.78 is 0. The Morgan fingerprint density at radius 2 is 1.82 bits per heavy atom. The van der Waals surface area contributed by atoms with E-state index in [9.17, 15) is 9.59 Å². The summed E-state index contributed by atoms with van der Waals surface area (Å²) in [6.45, 7) is 1.52. The number of thiophene rings is 2. The summed E-state index contributed by atoms with van der Waals surface area (Å²) in [5, 5.41) is 6.58. The molecule has 1 aliphatic heterocycles. The van der Waals surface area contributed by atoms with E-state index in [0.29, 0.717) is 10.6 Å². The van der Waals surface area contributed by atoms with Gasteiger partial charge in [-0.05, 0) is 41.8 Å². The maximum absolute atomic E-state index is 12.6. The minimum atomic E-state index is -0.231. The van der Waals surface area contributed by atoms with Crippen LogP contribution in [0.25, 0.3) is 6.08 Å². The summed E-state index contributed by atoms with van der Waals surface area (Å²) in [7, 11) is 0. The lowest BCUT2D eigenvalue weighted by atomic mass is 10.3. The first-order valence-corrected chi connectivity index (χ1v) is 8.89. The van der Waals surface area contributed by atoms with Crippen LogP contribution in [0, 0.1) is 0 Å². The SMILES string of the molecule is O=C(N/C(=C\c1cccs1)C(=O)N1CCCC1)c1cccs1. The van der Waals surface area contributed by atoms with E-state index in [0.717, 1.165) is 30.8 Å². The number of hydrogen-bond acceptors (Lipinski definition) is 4. The first-order chi connectivity index (χ1) is 10.7. The second-order valence-corrected chi connectivity index (χ2v) is 6.93. The van der Waals surface area contributed by atoms with Crippen molar-refractivity contribution in [3.05, 3.63) is 50.5 Å². The van der Waals surface area contributed by atoms with Gasteiger partial charge in [-0.3, -0.25) is 9.59 Å². The molecule has 4 nitrogen and oxygen atoms in total. The average Bonchev–Trinajstić information content (AvgIpc) is 3.26. The quantitative estimate of drug-likeness (QED) is 0.874. The van der Waals surface area contributed by atoms with Crippen LogP contribution in [0.2, 0.25) is 0 Å². The molecule has 114 valence electrons. The molecule has 2 amide bonds. The first-order valence-electron chi connectivity index (χ1n) is 7.13. The second kappa shape index (κ2) is 6.89. The summed E-state index contributed by atoms with van der Waals surface area (Å²) in [5.74, 6) is -0.332. The molecule has 0 spiro atoms. The van der Waals surface area contributed by atoms with Crippen LogP contribution in [0.1, 0.15) is 27.4 Å². The molecule has 0 saturated carbocycles. The van der Waals surface area contributed by atoms with E-state index in [1.165, 1.54) is 22.7 Å². The van der Waals surface area contributed by atoms with Crippen LogP contribution in [0.3, 0.4) is 0 Å². The van der Waals surface area contributed by atoms with Gasteiger partial charge in [-0.2, -0.15) is 0 Å². The summed E-state index contributed by atoms with van der Waals surface area (Å²) in [6, 6.07) is 7.43. The Labute approximate surface area is 137 Å². The molecule has 1 aliphatic rings. The lowest BCUT2D eigenvalue weighted by molar-refractivity contribution is -0.126. The molecule has 0 aromatic carbocycles. The Hall–Kier alpha value is -1.92. The van der Waals surface area contributed by atoms with Crippen molar-refractivity contribution >= 4 is 40.6 Å². The van der Waals surface area contributed by atoms with Crippen molar-refractivity contribution in [2.75, 3.05) is 13.1 Å². The van der Waals surface area contributed by atoms with Crippen LogP contribution in [0.15, 0.2) is 40.7 Å². The number of nitrogens with zero attached hydrogens (tertiary/aromatic N) is 1. The Morgan fingerprint density at radius 3 is 2.45 bits per heavy atom. The largest absolute Gasteiger partial charge is 0.337 e. The van der Waals surface area contributed by atoms with Gasteiger partial charge in [0.1, 0.15) is 5.70 Å².